The number of amides is 1. The SMILES string of the molecule is C=CC(=O)Nc1ccc(C(=O)OC(CC)CC)cc1. The van der Waals surface area contributed by atoms with E-state index in [1.807, 2.05) is 13.8 Å². The summed E-state index contributed by atoms with van der Waals surface area (Å²) < 4.78 is 5.33. The van der Waals surface area contributed by atoms with Gasteiger partial charge in [-0.25, -0.2) is 4.79 Å². The number of hydrogen-bond donors (Lipinski definition) is 1. The van der Waals surface area contributed by atoms with Crippen molar-refractivity contribution in [2.45, 2.75) is 32.8 Å². The molecule has 0 fully saturated rings. The van der Waals surface area contributed by atoms with Crippen LogP contribution in [-0.2, 0) is 9.53 Å². The van der Waals surface area contributed by atoms with Gasteiger partial charge in [0.2, 0.25) is 5.91 Å². The molecule has 19 heavy (non-hydrogen) atoms. The van der Waals surface area contributed by atoms with Gasteiger partial charge in [-0.15, -0.1) is 0 Å². The number of hydrogen-bond acceptors (Lipinski definition) is 3. The average Bonchev–Trinajstić information content (AvgIpc) is 2.45. The van der Waals surface area contributed by atoms with Gasteiger partial charge < -0.3 is 10.1 Å². The van der Waals surface area contributed by atoms with Crippen LogP contribution in [0.3, 0.4) is 0 Å². The van der Waals surface area contributed by atoms with E-state index < -0.39 is 0 Å². The number of ether oxygens (including phenoxy) is 1. The first-order valence-electron chi connectivity index (χ1n) is 6.35. The Hall–Kier alpha value is -2.10. The number of anilines is 1. The molecular weight excluding hydrogens is 242 g/mol. The Kier molecular flexibility index (Phi) is 5.79. The van der Waals surface area contributed by atoms with Crippen molar-refractivity contribution in [1.82, 2.24) is 0 Å². The summed E-state index contributed by atoms with van der Waals surface area (Å²) in [5, 5.41) is 2.61. The van der Waals surface area contributed by atoms with Gasteiger partial charge in [0.25, 0.3) is 0 Å². The molecule has 0 unspecified atom stereocenters. The first-order chi connectivity index (χ1) is 9.10. The maximum atomic E-state index is 11.8. The van der Waals surface area contributed by atoms with Crippen molar-refractivity contribution in [3.05, 3.63) is 42.5 Å². The Morgan fingerprint density at radius 2 is 1.84 bits per heavy atom. The summed E-state index contributed by atoms with van der Waals surface area (Å²) in [6.07, 6.45) is 2.74. The monoisotopic (exact) mass is 261 g/mol. The van der Waals surface area contributed by atoms with Gasteiger partial charge in [0.15, 0.2) is 0 Å². The molecule has 0 saturated heterocycles. The molecule has 0 saturated carbocycles. The Morgan fingerprint density at radius 3 is 2.32 bits per heavy atom. The van der Waals surface area contributed by atoms with E-state index in [1.54, 1.807) is 24.3 Å². The minimum atomic E-state index is -0.338. The van der Waals surface area contributed by atoms with Gasteiger partial charge in [0, 0.05) is 5.69 Å². The number of rotatable bonds is 6. The van der Waals surface area contributed by atoms with Crippen LogP contribution in [0.1, 0.15) is 37.0 Å². The van der Waals surface area contributed by atoms with E-state index in [0.29, 0.717) is 11.3 Å². The number of esters is 1. The van der Waals surface area contributed by atoms with E-state index in [-0.39, 0.29) is 18.0 Å². The van der Waals surface area contributed by atoms with E-state index >= 15 is 0 Å². The van der Waals surface area contributed by atoms with Crippen LogP contribution < -0.4 is 5.32 Å². The first kappa shape index (κ1) is 15.0. The fourth-order valence-corrected chi connectivity index (χ4v) is 1.56. The van der Waals surface area contributed by atoms with E-state index in [9.17, 15) is 9.59 Å². The molecule has 0 aliphatic rings. The lowest BCUT2D eigenvalue weighted by Gasteiger charge is -2.14. The predicted molar refractivity (Wildman–Crippen MR) is 75.1 cm³/mol. The first-order valence-corrected chi connectivity index (χ1v) is 6.35. The third kappa shape index (κ3) is 4.58. The van der Waals surface area contributed by atoms with Gasteiger partial charge in [0.1, 0.15) is 6.10 Å². The van der Waals surface area contributed by atoms with Crippen LogP contribution in [0.5, 0.6) is 0 Å². The molecule has 0 heterocycles. The molecule has 1 rings (SSSR count). The number of carbonyl (C=O) groups excluding carboxylic acids is 2. The second-order valence-corrected chi connectivity index (χ2v) is 4.11. The van der Waals surface area contributed by atoms with Crippen LogP contribution in [0.15, 0.2) is 36.9 Å². The number of nitrogens with one attached hydrogen (secondary N) is 1. The number of carbonyl (C=O) groups is 2. The predicted octanol–water partition coefficient (Wildman–Crippen LogP) is 3.16. The lowest BCUT2D eigenvalue weighted by atomic mass is 10.2. The van der Waals surface area contributed by atoms with Crippen LogP contribution in [-0.4, -0.2) is 18.0 Å². The zero-order valence-electron chi connectivity index (χ0n) is 11.3. The Morgan fingerprint density at radius 1 is 1.26 bits per heavy atom. The van der Waals surface area contributed by atoms with Crippen LogP contribution in [0.2, 0.25) is 0 Å². The molecule has 0 spiro atoms. The summed E-state index contributed by atoms with van der Waals surface area (Å²) in [4.78, 5) is 22.9. The normalized spacial score (nSPS) is 10.1. The summed E-state index contributed by atoms with van der Waals surface area (Å²) >= 11 is 0. The number of benzene rings is 1. The molecule has 0 radical (unpaired) electrons. The average molecular weight is 261 g/mol. The van der Waals surface area contributed by atoms with Gasteiger partial charge in [-0.1, -0.05) is 20.4 Å². The van der Waals surface area contributed by atoms with Crippen LogP contribution in [0, 0.1) is 0 Å². The Balaban J connectivity index is 2.67. The Bertz CT molecular complexity index is 447. The van der Waals surface area contributed by atoms with Crippen molar-refractivity contribution < 1.29 is 14.3 Å². The maximum absolute atomic E-state index is 11.8. The molecule has 1 aromatic rings. The minimum absolute atomic E-state index is 0.0485. The maximum Gasteiger partial charge on any atom is 0.338 e. The molecule has 0 aromatic heterocycles. The fraction of sp³-hybridized carbons (Fsp3) is 0.333. The highest BCUT2D eigenvalue weighted by Crippen LogP contribution is 2.13. The Labute approximate surface area is 113 Å². The third-order valence-electron chi connectivity index (χ3n) is 2.76. The van der Waals surface area contributed by atoms with Crippen molar-refractivity contribution >= 4 is 17.6 Å². The molecule has 0 aliphatic carbocycles. The van der Waals surface area contributed by atoms with E-state index in [0.717, 1.165) is 12.8 Å². The fourth-order valence-electron chi connectivity index (χ4n) is 1.56. The highest BCUT2D eigenvalue weighted by atomic mass is 16.5. The van der Waals surface area contributed by atoms with Crippen molar-refractivity contribution in [1.29, 1.82) is 0 Å². The van der Waals surface area contributed by atoms with Crippen LogP contribution in [0.25, 0.3) is 0 Å². The third-order valence-corrected chi connectivity index (χ3v) is 2.76. The van der Waals surface area contributed by atoms with Gasteiger partial charge in [0.05, 0.1) is 5.56 Å². The quantitative estimate of drug-likeness (QED) is 0.632. The summed E-state index contributed by atoms with van der Waals surface area (Å²) in [6.45, 7) is 7.33. The van der Waals surface area contributed by atoms with Gasteiger partial charge >= 0.3 is 5.97 Å². The molecule has 0 bridgehead atoms. The summed E-state index contributed by atoms with van der Waals surface area (Å²) in [5.74, 6) is -0.623. The zero-order valence-corrected chi connectivity index (χ0v) is 11.3. The largest absolute Gasteiger partial charge is 0.459 e. The second kappa shape index (κ2) is 7.36. The zero-order chi connectivity index (χ0) is 14.3. The molecular formula is C15H19NO3. The van der Waals surface area contributed by atoms with Crippen molar-refractivity contribution in [3.63, 3.8) is 0 Å². The standard InChI is InChI=1S/C15H19NO3/c1-4-13(5-2)19-15(18)11-7-9-12(10-8-11)16-14(17)6-3/h6-10,13H,3-5H2,1-2H3,(H,16,17). The van der Waals surface area contributed by atoms with Crippen molar-refractivity contribution in [2.24, 2.45) is 0 Å². The molecule has 1 aromatic carbocycles. The highest BCUT2D eigenvalue weighted by molar-refractivity contribution is 5.99. The molecule has 4 heteroatoms. The molecule has 102 valence electrons. The van der Waals surface area contributed by atoms with Crippen molar-refractivity contribution in [2.75, 3.05) is 5.32 Å². The van der Waals surface area contributed by atoms with Crippen LogP contribution >= 0.6 is 0 Å². The lowest BCUT2D eigenvalue weighted by molar-refractivity contribution is -0.111. The highest BCUT2D eigenvalue weighted by Gasteiger charge is 2.12. The second-order valence-electron chi connectivity index (χ2n) is 4.11. The van der Waals surface area contributed by atoms with Gasteiger partial charge in [-0.2, -0.15) is 0 Å². The van der Waals surface area contributed by atoms with E-state index in [2.05, 4.69) is 11.9 Å². The van der Waals surface area contributed by atoms with E-state index in [1.165, 1.54) is 6.08 Å². The minimum Gasteiger partial charge on any atom is -0.459 e. The van der Waals surface area contributed by atoms with E-state index in [4.69, 9.17) is 4.74 Å². The summed E-state index contributed by atoms with van der Waals surface area (Å²) in [5.41, 5.74) is 1.09. The topological polar surface area (TPSA) is 55.4 Å². The molecule has 4 nitrogen and oxygen atoms in total. The van der Waals surface area contributed by atoms with Gasteiger partial charge in [-0.3, -0.25) is 4.79 Å². The van der Waals surface area contributed by atoms with Crippen molar-refractivity contribution in [3.8, 4) is 0 Å². The molecule has 0 aliphatic heterocycles. The molecule has 0 atom stereocenters. The molecule has 1 N–H and O–H groups in total. The van der Waals surface area contributed by atoms with Crippen LogP contribution in [0.4, 0.5) is 5.69 Å². The van der Waals surface area contributed by atoms with Gasteiger partial charge in [-0.05, 0) is 43.2 Å². The smallest absolute Gasteiger partial charge is 0.338 e. The molecule has 1 amide bonds. The summed E-state index contributed by atoms with van der Waals surface area (Å²) in [6, 6.07) is 6.57. The lowest BCUT2D eigenvalue weighted by Crippen LogP contribution is -2.16. The summed E-state index contributed by atoms with van der Waals surface area (Å²) in [7, 11) is 0.